The lowest BCUT2D eigenvalue weighted by atomic mass is 10.2. The highest BCUT2D eigenvalue weighted by Gasteiger charge is 2.17. The Morgan fingerprint density at radius 2 is 1.07 bits per heavy atom. The van der Waals surface area contributed by atoms with Crippen LogP contribution in [-0.2, 0) is 6.54 Å². The number of hydrogen-bond acceptors (Lipinski definition) is 3. The Morgan fingerprint density at radius 3 is 1.62 bits per heavy atom. The Bertz CT molecular complexity index is 788. The Labute approximate surface area is 175 Å². The molecule has 0 unspecified atom stereocenters. The van der Waals surface area contributed by atoms with Crippen molar-refractivity contribution in [1.82, 2.24) is 9.80 Å². The van der Waals surface area contributed by atoms with E-state index in [2.05, 4.69) is 106 Å². The SMILES string of the molecule is c1ccc(CN2CCN(CCCN(c3ccccc3)c3ccccc3)CC2)cc1. The lowest BCUT2D eigenvalue weighted by Gasteiger charge is -2.35. The van der Waals surface area contributed by atoms with Crippen LogP contribution in [0.2, 0.25) is 0 Å². The number of benzene rings is 3. The van der Waals surface area contributed by atoms with Crippen molar-refractivity contribution in [2.45, 2.75) is 13.0 Å². The third-order valence-corrected chi connectivity index (χ3v) is 5.71. The van der Waals surface area contributed by atoms with Crippen LogP contribution in [0.4, 0.5) is 11.4 Å². The maximum Gasteiger partial charge on any atom is 0.0410 e. The fourth-order valence-electron chi connectivity index (χ4n) is 4.09. The molecule has 1 aliphatic rings. The molecule has 0 aliphatic carbocycles. The Kier molecular flexibility index (Phi) is 6.95. The van der Waals surface area contributed by atoms with Crippen LogP contribution >= 0.6 is 0 Å². The zero-order valence-electron chi connectivity index (χ0n) is 17.2. The molecule has 0 spiro atoms. The molecule has 1 fully saturated rings. The van der Waals surface area contributed by atoms with Crippen LogP contribution in [0, 0.1) is 0 Å². The molecule has 3 aromatic rings. The highest BCUT2D eigenvalue weighted by Crippen LogP contribution is 2.25. The van der Waals surface area contributed by atoms with Crippen LogP contribution in [0.1, 0.15) is 12.0 Å². The van der Waals surface area contributed by atoms with Crippen LogP contribution < -0.4 is 4.90 Å². The average Bonchev–Trinajstić information content (AvgIpc) is 2.80. The first-order valence-electron chi connectivity index (χ1n) is 10.7. The first-order valence-corrected chi connectivity index (χ1v) is 10.7. The van der Waals surface area contributed by atoms with E-state index in [4.69, 9.17) is 0 Å². The van der Waals surface area contributed by atoms with E-state index in [0.717, 1.165) is 32.7 Å². The van der Waals surface area contributed by atoms with Crippen molar-refractivity contribution in [3.05, 3.63) is 96.6 Å². The highest BCUT2D eigenvalue weighted by atomic mass is 15.3. The lowest BCUT2D eigenvalue weighted by Crippen LogP contribution is -2.46. The van der Waals surface area contributed by atoms with Gasteiger partial charge < -0.3 is 9.80 Å². The molecule has 0 bridgehead atoms. The minimum Gasteiger partial charge on any atom is -0.341 e. The van der Waals surface area contributed by atoms with Gasteiger partial charge in [-0.3, -0.25) is 4.90 Å². The average molecular weight is 386 g/mol. The largest absolute Gasteiger partial charge is 0.341 e. The first kappa shape index (κ1) is 19.7. The van der Waals surface area contributed by atoms with Crippen molar-refractivity contribution in [3.63, 3.8) is 0 Å². The molecule has 0 radical (unpaired) electrons. The number of piperazine rings is 1. The second kappa shape index (κ2) is 10.2. The maximum absolute atomic E-state index is 2.62. The summed E-state index contributed by atoms with van der Waals surface area (Å²) in [5.41, 5.74) is 3.96. The normalized spacial score (nSPS) is 15.3. The summed E-state index contributed by atoms with van der Waals surface area (Å²) in [7, 11) is 0. The Hall–Kier alpha value is -2.62. The third-order valence-electron chi connectivity index (χ3n) is 5.71. The van der Waals surface area contributed by atoms with Gasteiger partial charge >= 0.3 is 0 Å². The molecule has 3 nitrogen and oxygen atoms in total. The van der Waals surface area contributed by atoms with Gasteiger partial charge in [0.2, 0.25) is 0 Å². The van der Waals surface area contributed by atoms with Gasteiger partial charge in [-0.1, -0.05) is 66.7 Å². The van der Waals surface area contributed by atoms with Gasteiger partial charge in [0.05, 0.1) is 0 Å². The summed E-state index contributed by atoms with van der Waals surface area (Å²) < 4.78 is 0. The molecule has 1 heterocycles. The molecule has 4 rings (SSSR count). The number of rotatable bonds is 8. The summed E-state index contributed by atoms with van der Waals surface area (Å²) in [6.07, 6.45) is 1.17. The fourth-order valence-corrected chi connectivity index (χ4v) is 4.09. The summed E-state index contributed by atoms with van der Waals surface area (Å²) in [4.78, 5) is 7.63. The molecule has 0 aromatic heterocycles. The topological polar surface area (TPSA) is 9.72 Å². The van der Waals surface area contributed by atoms with Crippen molar-refractivity contribution < 1.29 is 0 Å². The highest BCUT2D eigenvalue weighted by molar-refractivity contribution is 5.62. The number of nitrogens with zero attached hydrogens (tertiary/aromatic N) is 3. The van der Waals surface area contributed by atoms with E-state index in [1.54, 1.807) is 0 Å². The van der Waals surface area contributed by atoms with E-state index in [1.807, 2.05) is 0 Å². The van der Waals surface area contributed by atoms with Crippen molar-refractivity contribution in [2.24, 2.45) is 0 Å². The quantitative estimate of drug-likeness (QED) is 0.538. The van der Waals surface area contributed by atoms with Crippen molar-refractivity contribution in [2.75, 3.05) is 44.2 Å². The second-order valence-corrected chi connectivity index (χ2v) is 7.78. The molecule has 0 atom stereocenters. The van der Waals surface area contributed by atoms with E-state index in [-0.39, 0.29) is 0 Å². The van der Waals surface area contributed by atoms with Gasteiger partial charge in [0, 0.05) is 50.6 Å². The molecule has 150 valence electrons. The van der Waals surface area contributed by atoms with E-state index in [9.17, 15) is 0 Å². The summed E-state index contributed by atoms with van der Waals surface area (Å²) >= 11 is 0. The smallest absolute Gasteiger partial charge is 0.0410 e. The summed E-state index contributed by atoms with van der Waals surface area (Å²) in [6.45, 7) is 7.94. The van der Waals surface area contributed by atoms with Crippen LogP contribution in [0.25, 0.3) is 0 Å². The molecular weight excluding hydrogens is 354 g/mol. The minimum absolute atomic E-state index is 1.04. The van der Waals surface area contributed by atoms with Crippen molar-refractivity contribution >= 4 is 11.4 Å². The number of anilines is 2. The zero-order chi connectivity index (χ0) is 19.7. The van der Waals surface area contributed by atoms with E-state index in [1.165, 1.54) is 36.4 Å². The number of hydrogen-bond donors (Lipinski definition) is 0. The second-order valence-electron chi connectivity index (χ2n) is 7.78. The van der Waals surface area contributed by atoms with Crippen molar-refractivity contribution in [3.8, 4) is 0 Å². The van der Waals surface area contributed by atoms with Crippen LogP contribution in [0.15, 0.2) is 91.0 Å². The van der Waals surface area contributed by atoms with Gasteiger partial charge in [-0.2, -0.15) is 0 Å². The molecule has 3 aromatic carbocycles. The molecular formula is C26H31N3. The van der Waals surface area contributed by atoms with Gasteiger partial charge in [0.15, 0.2) is 0 Å². The fraction of sp³-hybridized carbons (Fsp3) is 0.308. The predicted octanol–water partition coefficient (Wildman–Crippen LogP) is 5.03. The van der Waals surface area contributed by atoms with E-state index in [0.29, 0.717) is 0 Å². The summed E-state index contributed by atoms with van der Waals surface area (Å²) in [6, 6.07) is 32.3. The molecule has 1 aliphatic heterocycles. The van der Waals surface area contributed by atoms with Crippen LogP contribution in [-0.4, -0.2) is 49.1 Å². The third kappa shape index (κ3) is 5.69. The Morgan fingerprint density at radius 1 is 0.586 bits per heavy atom. The van der Waals surface area contributed by atoms with Crippen molar-refractivity contribution in [1.29, 1.82) is 0 Å². The van der Waals surface area contributed by atoms with Crippen LogP contribution in [0.5, 0.6) is 0 Å². The Balaban J connectivity index is 1.26. The summed E-state index contributed by atoms with van der Waals surface area (Å²) in [5.74, 6) is 0. The minimum atomic E-state index is 1.04. The molecule has 0 saturated carbocycles. The maximum atomic E-state index is 2.62. The molecule has 0 amide bonds. The van der Waals surface area contributed by atoms with Gasteiger partial charge in [-0.25, -0.2) is 0 Å². The zero-order valence-corrected chi connectivity index (χ0v) is 17.2. The van der Waals surface area contributed by atoms with Crippen LogP contribution in [0.3, 0.4) is 0 Å². The summed E-state index contributed by atoms with van der Waals surface area (Å²) in [5, 5.41) is 0. The van der Waals surface area contributed by atoms with Gasteiger partial charge in [-0.15, -0.1) is 0 Å². The molecule has 29 heavy (non-hydrogen) atoms. The monoisotopic (exact) mass is 385 g/mol. The van der Waals surface area contributed by atoms with Gasteiger partial charge in [-0.05, 0) is 42.8 Å². The molecule has 3 heteroatoms. The van der Waals surface area contributed by atoms with Gasteiger partial charge in [0.25, 0.3) is 0 Å². The standard InChI is InChI=1S/C26H31N3/c1-4-11-24(12-5-1)23-28-21-19-27(20-22-28)17-10-18-29(25-13-6-2-7-14-25)26-15-8-3-9-16-26/h1-9,11-16H,10,17-23H2. The molecule has 0 N–H and O–H groups in total. The lowest BCUT2D eigenvalue weighted by molar-refractivity contribution is 0.127. The van der Waals surface area contributed by atoms with Gasteiger partial charge in [0.1, 0.15) is 0 Å². The van der Waals surface area contributed by atoms with E-state index >= 15 is 0 Å². The number of para-hydroxylation sites is 2. The predicted molar refractivity (Wildman–Crippen MR) is 123 cm³/mol. The molecule has 1 saturated heterocycles. The first-order chi connectivity index (χ1) is 14.4. The van der Waals surface area contributed by atoms with E-state index < -0.39 is 0 Å².